The Bertz CT molecular complexity index is 841. The first-order chi connectivity index (χ1) is 13.2. The summed E-state index contributed by atoms with van der Waals surface area (Å²) < 4.78 is 22.8. The van der Waals surface area contributed by atoms with E-state index in [1.165, 1.54) is 0 Å². The standard InChI is InChI=1S/C20H20ClNO5/c21-15-8-13(9-18-20(15)25-7-3-6-24-18)10-19(23)22-11-14-12-26-16-4-1-2-5-17(16)27-14/h1-2,4-5,8-9,14H,3,6-7,10-12H2,(H,22,23)/t14-/m1/s1. The molecule has 0 unspecified atom stereocenters. The second kappa shape index (κ2) is 7.96. The minimum Gasteiger partial charge on any atom is -0.489 e. The quantitative estimate of drug-likeness (QED) is 0.870. The summed E-state index contributed by atoms with van der Waals surface area (Å²) in [7, 11) is 0. The normalized spacial score (nSPS) is 17.7. The van der Waals surface area contributed by atoms with Gasteiger partial charge in [0, 0.05) is 6.42 Å². The maximum atomic E-state index is 12.3. The summed E-state index contributed by atoms with van der Waals surface area (Å²) in [5.74, 6) is 2.43. The van der Waals surface area contributed by atoms with Crippen molar-refractivity contribution in [1.29, 1.82) is 0 Å². The molecule has 1 amide bonds. The van der Waals surface area contributed by atoms with Gasteiger partial charge in [-0.15, -0.1) is 0 Å². The Balaban J connectivity index is 1.34. The van der Waals surface area contributed by atoms with Gasteiger partial charge in [0.1, 0.15) is 12.7 Å². The lowest BCUT2D eigenvalue weighted by atomic mass is 10.1. The number of para-hydroxylation sites is 2. The predicted octanol–water partition coefficient (Wildman–Crippen LogP) is 3.00. The third-order valence-electron chi connectivity index (χ3n) is 4.32. The van der Waals surface area contributed by atoms with E-state index >= 15 is 0 Å². The zero-order valence-corrected chi connectivity index (χ0v) is 15.5. The maximum absolute atomic E-state index is 12.3. The van der Waals surface area contributed by atoms with Crippen LogP contribution in [-0.2, 0) is 11.2 Å². The van der Waals surface area contributed by atoms with E-state index in [-0.39, 0.29) is 18.4 Å². The molecule has 0 saturated carbocycles. The van der Waals surface area contributed by atoms with E-state index in [2.05, 4.69) is 5.32 Å². The lowest BCUT2D eigenvalue weighted by Crippen LogP contribution is -2.41. The molecule has 2 aromatic carbocycles. The van der Waals surface area contributed by atoms with Gasteiger partial charge in [-0.3, -0.25) is 4.79 Å². The number of halogens is 1. The summed E-state index contributed by atoms with van der Waals surface area (Å²) in [5, 5.41) is 3.34. The molecule has 0 spiro atoms. The SMILES string of the molecule is O=C(Cc1cc(Cl)c2c(c1)OCCCO2)NC[C@@H]1COc2ccccc2O1. The number of carbonyl (C=O) groups is 1. The Labute approximate surface area is 162 Å². The Morgan fingerprint density at radius 2 is 1.89 bits per heavy atom. The number of fused-ring (bicyclic) bond motifs is 2. The van der Waals surface area contributed by atoms with Crippen molar-refractivity contribution in [3.63, 3.8) is 0 Å². The smallest absolute Gasteiger partial charge is 0.224 e. The molecule has 1 N–H and O–H groups in total. The summed E-state index contributed by atoms with van der Waals surface area (Å²) in [5.41, 5.74) is 0.771. The highest BCUT2D eigenvalue weighted by Gasteiger charge is 2.21. The van der Waals surface area contributed by atoms with Crippen molar-refractivity contribution >= 4 is 17.5 Å². The van der Waals surface area contributed by atoms with Gasteiger partial charge in [0.15, 0.2) is 23.0 Å². The second-order valence-corrected chi connectivity index (χ2v) is 6.84. The topological polar surface area (TPSA) is 66.0 Å². The molecule has 2 aromatic rings. The van der Waals surface area contributed by atoms with Crippen molar-refractivity contribution < 1.29 is 23.7 Å². The lowest BCUT2D eigenvalue weighted by Gasteiger charge is -2.26. The summed E-state index contributed by atoms with van der Waals surface area (Å²) >= 11 is 6.28. The van der Waals surface area contributed by atoms with Gasteiger partial charge in [0.25, 0.3) is 0 Å². The van der Waals surface area contributed by atoms with E-state index in [1.807, 2.05) is 30.3 Å². The molecule has 27 heavy (non-hydrogen) atoms. The Hall–Kier alpha value is -2.60. The fourth-order valence-corrected chi connectivity index (χ4v) is 3.31. The first kappa shape index (κ1) is 17.8. The van der Waals surface area contributed by atoms with Crippen molar-refractivity contribution in [2.24, 2.45) is 0 Å². The Morgan fingerprint density at radius 3 is 2.78 bits per heavy atom. The zero-order valence-electron chi connectivity index (χ0n) is 14.7. The molecule has 0 fully saturated rings. The van der Waals surface area contributed by atoms with Gasteiger partial charge in [-0.05, 0) is 29.8 Å². The Morgan fingerprint density at radius 1 is 1.07 bits per heavy atom. The van der Waals surface area contributed by atoms with E-state index in [4.69, 9.17) is 30.5 Å². The van der Waals surface area contributed by atoms with Crippen LogP contribution in [0.1, 0.15) is 12.0 Å². The highest BCUT2D eigenvalue weighted by Crippen LogP contribution is 2.38. The van der Waals surface area contributed by atoms with Crippen LogP contribution < -0.4 is 24.3 Å². The number of hydrogen-bond acceptors (Lipinski definition) is 5. The van der Waals surface area contributed by atoms with Gasteiger partial charge in [0.05, 0.1) is 31.2 Å². The molecule has 2 aliphatic heterocycles. The number of benzene rings is 2. The summed E-state index contributed by atoms with van der Waals surface area (Å²) in [6.45, 7) is 1.90. The van der Waals surface area contributed by atoms with Crippen LogP contribution in [0.2, 0.25) is 5.02 Å². The highest BCUT2D eigenvalue weighted by atomic mass is 35.5. The molecule has 1 atom stereocenters. The van der Waals surface area contributed by atoms with Crippen LogP contribution in [0.15, 0.2) is 36.4 Å². The van der Waals surface area contributed by atoms with E-state index in [1.54, 1.807) is 6.07 Å². The van der Waals surface area contributed by atoms with Gasteiger partial charge in [0.2, 0.25) is 5.91 Å². The molecule has 0 saturated heterocycles. The number of ether oxygens (including phenoxy) is 4. The molecule has 0 radical (unpaired) electrons. The molecule has 6 nitrogen and oxygen atoms in total. The van der Waals surface area contributed by atoms with Crippen molar-refractivity contribution in [2.75, 3.05) is 26.4 Å². The number of rotatable bonds is 4. The summed E-state index contributed by atoms with van der Waals surface area (Å²) in [6, 6.07) is 11.0. The number of carbonyl (C=O) groups excluding carboxylic acids is 1. The van der Waals surface area contributed by atoms with Crippen molar-refractivity contribution in [1.82, 2.24) is 5.32 Å². The molecule has 0 bridgehead atoms. The minimum atomic E-state index is -0.226. The molecule has 0 aliphatic carbocycles. The average molecular weight is 390 g/mol. The van der Waals surface area contributed by atoms with Crippen LogP contribution in [0.25, 0.3) is 0 Å². The van der Waals surface area contributed by atoms with Crippen LogP contribution in [0, 0.1) is 0 Å². The van der Waals surface area contributed by atoms with Gasteiger partial charge in [-0.25, -0.2) is 0 Å². The molecule has 2 heterocycles. The van der Waals surface area contributed by atoms with Gasteiger partial charge in [-0.1, -0.05) is 23.7 Å². The van der Waals surface area contributed by atoms with Crippen LogP contribution >= 0.6 is 11.6 Å². The van der Waals surface area contributed by atoms with Crippen LogP contribution in [-0.4, -0.2) is 38.4 Å². The number of amides is 1. The third-order valence-corrected chi connectivity index (χ3v) is 4.60. The fraction of sp³-hybridized carbons (Fsp3) is 0.350. The van der Waals surface area contributed by atoms with E-state index in [9.17, 15) is 4.79 Å². The molecule has 7 heteroatoms. The van der Waals surface area contributed by atoms with Crippen LogP contribution in [0.3, 0.4) is 0 Å². The second-order valence-electron chi connectivity index (χ2n) is 6.43. The summed E-state index contributed by atoms with van der Waals surface area (Å²) in [4.78, 5) is 12.3. The van der Waals surface area contributed by atoms with Crippen molar-refractivity contribution in [2.45, 2.75) is 18.9 Å². The van der Waals surface area contributed by atoms with E-state index in [0.717, 1.165) is 17.7 Å². The number of hydrogen-bond donors (Lipinski definition) is 1. The van der Waals surface area contributed by atoms with Gasteiger partial charge >= 0.3 is 0 Å². The van der Waals surface area contributed by atoms with Crippen molar-refractivity contribution in [3.05, 3.63) is 47.0 Å². The van der Waals surface area contributed by atoms with E-state index in [0.29, 0.717) is 48.6 Å². The van der Waals surface area contributed by atoms with E-state index < -0.39 is 0 Å². The maximum Gasteiger partial charge on any atom is 0.224 e. The monoisotopic (exact) mass is 389 g/mol. The largest absolute Gasteiger partial charge is 0.489 e. The molecular formula is C20H20ClNO5. The fourth-order valence-electron chi connectivity index (χ4n) is 3.03. The van der Waals surface area contributed by atoms with Gasteiger partial charge < -0.3 is 24.3 Å². The predicted molar refractivity (Wildman–Crippen MR) is 100 cm³/mol. The molecule has 0 aromatic heterocycles. The molecule has 4 rings (SSSR count). The van der Waals surface area contributed by atoms with Gasteiger partial charge in [-0.2, -0.15) is 0 Å². The van der Waals surface area contributed by atoms with Crippen molar-refractivity contribution in [3.8, 4) is 23.0 Å². The number of nitrogens with one attached hydrogen (secondary N) is 1. The lowest BCUT2D eigenvalue weighted by molar-refractivity contribution is -0.120. The first-order valence-corrected chi connectivity index (χ1v) is 9.30. The molecule has 142 valence electrons. The van der Waals surface area contributed by atoms with Crippen LogP contribution in [0.5, 0.6) is 23.0 Å². The molecular weight excluding hydrogens is 370 g/mol. The minimum absolute atomic E-state index is 0.122. The summed E-state index contributed by atoms with van der Waals surface area (Å²) in [6.07, 6.45) is 0.768. The zero-order chi connectivity index (χ0) is 18.6. The third kappa shape index (κ3) is 4.22. The molecule has 2 aliphatic rings. The average Bonchev–Trinajstić information content (AvgIpc) is 2.92. The Kier molecular flexibility index (Phi) is 5.25. The van der Waals surface area contributed by atoms with Crippen LogP contribution in [0.4, 0.5) is 0 Å². The highest BCUT2D eigenvalue weighted by molar-refractivity contribution is 6.32. The first-order valence-electron chi connectivity index (χ1n) is 8.92.